The lowest BCUT2D eigenvalue weighted by molar-refractivity contribution is 0.0664. The zero-order valence-electron chi connectivity index (χ0n) is 13.6. The highest BCUT2D eigenvalue weighted by molar-refractivity contribution is 5.92. The Morgan fingerprint density at radius 3 is 2.87 bits per heavy atom. The smallest absolute Gasteiger partial charge is 0.273 e. The molecular weight excluding hydrogens is 292 g/mol. The van der Waals surface area contributed by atoms with Gasteiger partial charge in [-0.1, -0.05) is 37.9 Å². The molecular formula is C17H22N4O2. The summed E-state index contributed by atoms with van der Waals surface area (Å²) in [4.78, 5) is 23.4. The van der Waals surface area contributed by atoms with Gasteiger partial charge in [0.25, 0.3) is 5.91 Å². The van der Waals surface area contributed by atoms with E-state index in [-0.39, 0.29) is 17.9 Å². The molecule has 6 heteroatoms. The molecule has 23 heavy (non-hydrogen) atoms. The van der Waals surface area contributed by atoms with Crippen LogP contribution in [0.5, 0.6) is 0 Å². The topological polar surface area (TPSA) is 72.1 Å². The Morgan fingerprint density at radius 2 is 2.17 bits per heavy atom. The lowest BCUT2D eigenvalue weighted by atomic mass is 10.1. The average Bonchev–Trinajstić information content (AvgIpc) is 2.94. The number of aromatic nitrogens is 3. The van der Waals surface area contributed by atoms with Crippen molar-refractivity contribution in [1.29, 1.82) is 0 Å². The van der Waals surface area contributed by atoms with E-state index in [1.165, 1.54) is 0 Å². The molecule has 3 heterocycles. The number of carbonyl (C=O) groups is 1. The Labute approximate surface area is 135 Å². The van der Waals surface area contributed by atoms with Crippen molar-refractivity contribution >= 4 is 5.91 Å². The molecule has 0 aromatic carbocycles. The van der Waals surface area contributed by atoms with Crippen LogP contribution in [-0.4, -0.2) is 32.5 Å². The van der Waals surface area contributed by atoms with Crippen LogP contribution in [0.2, 0.25) is 0 Å². The molecule has 0 saturated carbocycles. The Kier molecular flexibility index (Phi) is 4.69. The number of nitrogens with zero attached hydrogens (tertiary/aromatic N) is 4. The molecule has 0 spiro atoms. The highest BCUT2D eigenvalue weighted by Crippen LogP contribution is 2.30. The Hall–Kier alpha value is -2.24. The van der Waals surface area contributed by atoms with Crippen LogP contribution < -0.4 is 0 Å². The van der Waals surface area contributed by atoms with Crippen LogP contribution in [0.15, 0.2) is 28.9 Å². The molecule has 0 N–H and O–H groups in total. The fourth-order valence-corrected chi connectivity index (χ4v) is 2.87. The fraction of sp³-hybridized carbons (Fsp3) is 0.529. The summed E-state index contributed by atoms with van der Waals surface area (Å²) in [7, 11) is 0. The van der Waals surface area contributed by atoms with Crippen molar-refractivity contribution < 1.29 is 9.32 Å². The molecule has 1 saturated heterocycles. The third-order valence-corrected chi connectivity index (χ3v) is 4.15. The Bertz CT molecular complexity index is 654. The molecule has 1 aliphatic heterocycles. The standard InChI is InChI=1S/C17H22N4O2/c1-12(2)16-19-15(20-23-16)14-9-4-3-7-11-21(14)17(22)13-8-5-6-10-18-13/h5-6,8,10,12,14H,3-4,7,9,11H2,1-2H3/t14-/m0/s1. The first-order chi connectivity index (χ1) is 11.2. The molecule has 6 nitrogen and oxygen atoms in total. The third kappa shape index (κ3) is 3.41. The molecule has 1 amide bonds. The number of rotatable bonds is 3. The minimum absolute atomic E-state index is 0.0617. The minimum Gasteiger partial charge on any atom is -0.339 e. The molecule has 0 unspecified atom stereocenters. The van der Waals surface area contributed by atoms with Crippen LogP contribution in [0.3, 0.4) is 0 Å². The molecule has 2 aromatic heterocycles. The summed E-state index contributed by atoms with van der Waals surface area (Å²) in [5, 5.41) is 4.13. The molecule has 1 fully saturated rings. The van der Waals surface area contributed by atoms with Gasteiger partial charge < -0.3 is 9.42 Å². The van der Waals surface area contributed by atoms with Gasteiger partial charge in [-0.3, -0.25) is 9.78 Å². The first-order valence-electron chi connectivity index (χ1n) is 8.22. The van der Waals surface area contributed by atoms with Crippen LogP contribution in [-0.2, 0) is 0 Å². The zero-order chi connectivity index (χ0) is 16.2. The van der Waals surface area contributed by atoms with Crippen LogP contribution in [0.4, 0.5) is 0 Å². The first kappa shape index (κ1) is 15.6. The second-order valence-electron chi connectivity index (χ2n) is 6.22. The number of hydrogen-bond donors (Lipinski definition) is 0. The zero-order valence-corrected chi connectivity index (χ0v) is 13.6. The molecule has 0 aliphatic carbocycles. The Morgan fingerprint density at radius 1 is 1.30 bits per heavy atom. The molecule has 2 aromatic rings. The van der Waals surface area contributed by atoms with E-state index in [2.05, 4.69) is 15.1 Å². The van der Waals surface area contributed by atoms with E-state index in [0.29, 0.717) is 24.0 Å². The first-order valence-corrected chi connectivity index (χ1v) is 8.22. The van der Waals surface area contributed by atoms with Crippen molar-refractivity contribution in [2.24, 2.45) is 0 Å². The lowest BCUT2D eigenvalue weighted by Gasteiger charge is -2.27. The third-order valence-electron chi connectivity index (χ3n) is 4.15. The molecule has 1 aliphatic rings. The molecule has 0 bridgehead atoms. The predicted molar refractivity (Wildman–Crippen MR) is 84.9 cm³/mol. The van der Waals surface area contributed by atoms with Gasteiger partial charge in [-0.25, -0.2) is 0 Å². The van der Waals surface area contributed by atoms with Crippen molar-refractivity contribution in [2.75, 3.05) is 6.54 Å². The van der Waals surface area contributed by atoms with Crippen LogP contribution >= 0.6 is 0 Å². The Balaban J connectivity index is 1.89. The number of likely N-dealkylation sites (tertiary alicyclic amines) is 1. The summed E-state index contributed by atoms with van der Waals surface area (Å²) in [5.41, 5.74) is 0.465. The van der Waals surface area contributed by atoms with Gasteiger partial charge in [0.2, 0.25) is 5.89 Å². The van der Waals surface area contributed by atoms with Gasteiger partial charge in [0.05, 0.1) is 6.04 Å². The van der Waals surface area contributed by atoms with E-state index in [1.54, 1.807) is 12.3 Å². The van der Waals surface area contributed by atoms with Crippen LogP contribution in [0.25, 0.3) is 0 Å². The maximum atomic E-state index is 12.9. The minimum atomic E-state index is -0.136. The van der Waals surface area contributed by atoms with Crippen molar-refractivity contribution in [3.63, 3.8) is 0 Å². The van der Waals surface area contributed by atoms with Gasteiger partial charge in [0.1, 0.15) is 5.69 Å². The second-order valence-corrected chi connectivity index (χ2v) is 6.22. The van der Waals surface area contributed by atoms with E-state index in [4.69, 9.17) is 4.52 Å². The summed E-state index contributed by atoms with van der Waals surface area (Å²) in [6.07, 6.45) is 5.66. The normalized spacial score (nSPS) is 18.9. The summed E-state index contributed by atoms with van der Waals surface area (Å²) < 4.78 is 5.34. The maximum Gasteiger partial charge on any atom is 0.273 e. The maximum absolute atomic E-state index is 12.9. The van der Waals surface area contributed by atoms with Gasteiger partial charge in [0, 0.05) is 18.7 Å². The van der Waals surface area contributed by atoms with Crippen molar-refractivity contribution in [1.82, 2.24) is 20.0 Å². The van der Waals surface area contributed by atoms with E-state index in [1.807, 2.05) is 30.9 Å². The quantitative estimate of drug-likeness (QED) is 0.868. The number of hydrogen-bond acceptors (Lipinski definition) is 5. The van der Waals surface area contributed by atoms with E-state index >= 15 is 0 Å². The second kappa shape index (κ2) is 6.89. The number of carbonyl (C=O) groups excluding carboxylic acids is 1. The van der Waals surface area contributed by atoms with Gasteiger partial charge in [-0.05, 0) is 25.0 Å². The molecule has 1 atom stereocenters. The largest absolute Gasteiger partial charge is 0.339 e. The van der Waals surface area contributed by atoms with Crippen molar-refractivity contribution in [2.45, 2.75) is 51.5 Å². The monoisotopic (exact) mass is 314 g/mol. The molecule has 0 radical (unpaired) electrons. The van der Waals surface area contributed by atoms with E-state index < -0.39 is 0 Å². The number of amides is 1. The highest BCUT2D eigenvalue weighted by Gasteiger charge is 2.31. The molecule has 3 rings (SSSR count). The lowest BCUT2D eigenvalue weighted by Crippen LogP contribution is -2.35. The average molecular weight is 314 g/mol. The predicted octanol–water partition coefficient (Wildman–Crippen LogP) is 3.35. The van der Waals surface area contributed by atoms with E-state index in [9.17, 15) is 4.79 Å². The summed E-state index contributed by atoms with van der Waals surface area (Å²) >= 11 is 0. The summed E-state index contributed by atoms with van der Waals surface area (Å²) in [6.45, 7) is 4.73. The highest BCUT2D eigenvalue weighted by atomic mass is 16.5. The van der Waals surface area contributed by atoms with Crippen LogP contribution in [0.1, 0.15) is 73.7 Å². The van der Waals surface area contributed by atoms with Gasteiger partial charge >= 0.3 is 0 Å². The van der Waals surface area contributed by atoms with E-state index in [0.717, 1.165) is 25.7 Å². The van der Waals surface area contributed by atoms with Crippen molar-refractivity contribution in [3.05, 3.63) is 41.8 Å². The summed E-state index contributed by atoms with van der Waals surface area (Å²) in [5.74, 6) is 1.35. The van der Waals surface area contributed by atoms with Gasteiger partial charge in [-0.2, -0.15) is 4.98 Å². The number of pyridine rings is 1. The van der Waals surface area contributed by atoms with Crippen LogP contribution in [0, 0.1) is 0 Å². The molecule has 122 valence electrons. The van der Waals surface area contributed by atoms with Crippen molar-refractivity contribution in [3.8, 4) is 0 Å². The van der Waals surface area contributed by atoms with Gasteiger partial charge in [-0.15, -0.1) is 0 Å². The summed E-state index contributed by atoms with van der Waals surface area (Å²) in [6, 6.07) is 5.26. The SMILES string of the molecule is CC(C)c1nc([C@@H]2CCCCCN2C(=O)c2ccccn2)no1. The fourth-order valence-electron chi connectivity index (χ4n) is 2.87. The van der Waals surface area contributed by atoms with Gasteiger partial charge in [0.15, 0.2) is 5.82 Å².